The van der Waals surface area contributed by atoms with Crippen LogP contribution in [0.5, 0.6) is 0 Å². The Morgan fingerprint density at radius 1 is 1.45 bits per heavy atom. The Kier molecular flexibility index (Phi) is 3.42. The average molecular weight is 272 g/mol. The molecule has 1 amide bonds. The van der Waals surface area contributed by atoms with Gasteiger partial charge in [-0.15, -0.1) is 0 Å². The molecule has 2 aromatic heterocycles. The number of rotatable bonds is 2. The van der Waals surface area contributed by atoms with E-state index in [1.807, 2.05) is 11.8 Å². The summed E-state index contributed by atoms with van der Waals surface area (Å²) in [7, 11) is 0. The summed E-state index contributed by atoms with van der Waals surface area (Å²) in [6, 6.07) is 3.75. The third kappa shape index (κ3) is 2.39. The molecule has 1 aliphatic rings. The molecule has 2 aromatic rings. The number of aromatic nitrogens is 4. The van der Waals surface area contributed by atoms with Gasteiger partial charge in [-0.2, -0.15) is 5.10 Å². The highest BCUT2D eigenvalue weighted by Crippen LogP contribution is 2.11. The topological polar surface area (TPSA) is 75.9 Å². The predicted molar refractivity (Wildman–Crippen MR) is 72.5 cm³/mol. The molecular weight excluding hydrogens is 256 g/mol. The fraction of sp³-hybridized carbons (Fsp3) is 0.385. The van der Waals surface area contributed by atoms with E-state index in [0.717, 1.165) is 19.6 Å². The normalized spacial score (nSPS) is 19.1. The van der Waals surface area contributed by atoms with E-state index in [1.54, 1.807) is 29.3 Å². The van der Waals surface area contributed by atoms with Crippen molar-refractivity contribution in [1.82, 2.24) is 30.0 Å². The number of nitrogens with zero attached hydrogens (tertiary/aromatic N) is 5. The summed E-state index contributed by atoms with van der Waals surface area (Å²) in [5.41, 5.74) is 0.600. The van der Waals surface area contributed by atoms with Crippen LogP contribution in [0.1, 0.15) is 17.3 Å². The highest BCUT2D eigenvalue weighted by Gasteiger charge is 2.24. The first-order chi connectivity index (χ1) is 9.75. The lowest BCUT2D eigenvalue weighted by Crippen LogP contribution is -2.52. The molecule has 0 saturated carbocycles. The Labute approximate surface area is 116 Å². The third-order valence-electron chi connectivity index (χ3n) is 3.41. The molecule has 0 bridgehead atoms. The lowest BCUT2D eigenvalue weighted by atomic mass is 10.1. The Bertz CT molecular complexity index is 579. The van der Waals surface area contributed by atoms with Crippen molar-refractivity contribution >= 4 is 5.91 Å². The summed E-state index contributed by atoms with van der Waals surface area (Å²) >= 11 is 0. The standard InChI is InChI=1S/C13H16N6O/c1-10-6-14-4-5-18(10)13(20)11-2-3-12(16-7-11)19-9-15-8-17-19/h2-3,7-10,14H,4-6H2,1H3/t10-/m0/s1. The molecule has 7 nitrogen and oxygen atoms in total. The lowest BCUT2D eigenvalue weighted by molar-refractivity contribution is 0.0655. The summed E-state index contributed by atoms with van der Waals surface area (Å²) in [5.74, 6) is 0.670. The highest BCUT2D eigenvalue weighted by atomic mass is 16.2. The van der Waals surface area contributed by atoms with Crippen molar-refractivity contribution in [2.75, 3.05) is 19.6 Å². The molecule has 20 heavy (non-hydrogen) atoms. The minimum atomic E-state index is 0.0247. The first-order valence-corrected chi connectivity index (χ1v) is 6.58. The smallest absolute Gasteiger partial charge is 0.255 e. The first-order valence-electron chi connectivity index (χ1n) is 6.58. The number of carbonyl (C=O) groups is 1. The van der Waals surface area contributed by atoms with Crippen molar-refractivity contribution in [2.24, 2.45) is 0 Å². The molecule has 0 spiro atoms. The fourth-order valence-corrected chi connectivity index (χ4v) is 2.28. The number of nitrogens with one attached hydrogen (secondary N) is 1. The molecule has 3 rings (SSSR count). The van der Waals surface area contributed by atoms with Gasteiger partial charge in [-0.05, 0) is 19.1 Å². The van der Waals surface area contributed by atoms with Crippen molar-refractivity contribution in [3.63, 3.8) is 0 Å². The summed E-state index contributed by atoms with van der Waals surface area (Å²) < 4.78 is 1.56. The Morgan fingerprint density at radius 3 is 3.00 bits per heavy atom. The highest BCUT2D eigenvalue weighted by molar-refractivity contribution is 5.94. The van der Waals surface area contributed by atoms with Gasteiger partial charge >= 0.3 is 0 Å². The second-order valence-electron chi connectivity index (χ2n) is 4.80. The minimum Gasteiger partial charge on any atom is -0.333 e. The largest absolute Gasteiger partial charge is 0.333 e. The van der Waals surface area contributed by atoms with Gasteiger partial charge in [-0.3, -0.25) is 4.79 Å². The van der Waals surface area contributed by atoms with Crippen molar-refractivity contribution < 1.29 is 4.79 Å². The molecule has 0 aromatic carbocycles. The predicted octanol–water partition coefficient (Wildman–Crippen LogP) is 0.0962. The maximum atomic E-state index is 12.4. The quantitative estimate of drug-likeness (QED) is 0.839. The molecule has 3 heterocycles. The van der Waals surface area contributed by atoms with Crippen molar-refractivity contribution in [1.29, 1.82) is 0 Å². The summed E-state index contributed by atoms with van der Waals surface area (Å²) in [6.45, 7) is 4.43. The van der Waals surface area contributed by atoms with E-state index in [-0.39, 0.29) is 11.9 Å². The molecule has 0 radical (unpaired) electrons. The molecule has 0 aliphatic carbocycles. The van der Waals surface area contributed by atoms with E-state index in [4.69, 9.17) is 0 Å². The van der Waals surface area contributed by atoms with Crippen LogP contribution in [-0.4, -0.2) is 56.2 Å². The maximum absolute atomic E-state index is 12.4. The molecular formula is C13H16N6O. The average Bonchev–Trinajstić information content (AvgIpc) is 3.01. The minimum absolute atomic E-state index is 0.0247. The van der Waals surface area contributed by atoms with E-state index in [1.165, 1.54) is 6.33 Å². The maximum Gasteiger partial charge on any atom is 0.255 e. The van der Waals surface area contributed by atoms with Crippen LogP contribution in [0.2, 0.25) is 0 Å². The van der Waals surface area contributed by atoms with Crippen molar-refractivity contribution in [3.05, 3.63) is 36.5 Å². The second kappa shape index (κ2) is 5.38. The van der Waals surface area contributed by atoms with Crippen molar-refractivity contribution in [3.8, 4) is 5.82 Å². The molecule has 1 atom stereocenters. The van der Waals surface area contributed by atoms with Gasteiger partial charge in [0.15, 0.2) is 5.82 Å². The number of hydrogen-bond acceptors (Lipinski definition) is 5. The zero-order chi connectivity index (χ0) is 13.9. The second-order valence-corrected chi connectivity index (χ2v) is 4.80. The van der Waals surface area contributed by atoms with Crippen LogP contribution in [0, 0.1) is 0 Å². The van der Waals surface area contributed by atoms with E-state index in [2.05, 4.69) is 20.4 Å². The molecule has 1 fully saturated rings. The van der Waals surface area contributed by atoms with Crippen LogP contribution >= 0.6 is 0 Å². The van der Waals surface area contributed by atoms with Crippen molar-refractivity contribution in [2.45, 2.75) is 13.0 Å². The monoisotopic (exact) mass is 272 g/mol. The molecule has 0 unspecified atom stereocenters. The van der Waals surface area contributed by atoms with Gasteiger partial charge < -0.3 is 10.2 Å². The Morgan fingerprint density at radius 2 is 2.35 bits per heavy atom. The molecule has 1 saturated heterocycles. The van der Waals surface area contributed by atoms with Crippen LogP contribution in [0.25, 0.3) is 5.82 Å². The van der Waals surface area contributed by atoms with E-state index >= 15 is 0 Å². The van der Waals surface area contributed by atoms with E-state index < -0.39 is 0 Å². The van der Waals surface area contributed by atoms with E-state index in [0.29, 0.717) is 11.4 Å². The fourth-order valence-electron chi connectivity index (χ4n) is 2.28. The van der Waals surface area contributed by atoms with Gasteiger partial charge in [0, 0.05) is 31.9 Å². The number of piperazine rings is 1. The summed E-state index contributed by atoms with van der Waals surface area (Å²) in [4.78, 5) is 22.4. The summed E-state index contributed by atoms with van der Waals surface area (Å²) in [6.07, 6.45) is 4.61. The van der Waals surface area contributed by atoms with Gasteiger partial charge in [-0.25, -0.2) is 14.6 Å². The first kappa shape index (κ1) is 12.7. The Balaban J connectivity index is 1.78. The molecule has 1 aliphatic heterocycles. The number of hydrogen-bond donors (Lipinski definition) is 1. The Hall–Kier alpha value is -2.28. The number of amides is 1. The third-order valence-corrected chi connectivity index (χ3v) is 3.41. The van der Waals surface area contributed by atoms with Crippen LogP contribution in [-0.2, 0) is 0 Å². The van der Waals surface area contributed by atoms with Gasteiger partial charge in [0.25, 0.3) is 5.91 Å². The zero-order valence-electron chi connectivity index (χ0n) is 11.2. The van der Waals surface area contributed by atoms with Crippen LogP contribution in [0.15, 0.2) is 31.0 Å². The number of carbonyl (C=O) groups excluding carboxylic acids is 1. The number of pyridine rings is 1. The molecule has 1 N–H and O–H groups in total. The van der Waals surface area contributed by atoms with Gasteiger partial charge in [0.1, 0.15) is 12.7 Å². The van der Waals surface area contributed by atoms with Crippen LogP contribution in [0.3, 0.4) is 0 Å². The van der Waals surface area contributed by atoms with Gasteiger partial charge in [-0.1, -0.05) is 0 Å². The zero-order valence-corrected chi connectivity index (χ0v) is 11.2. The summed E-state index contributed by atoms with van der Waals surface area (Å²) in [5, 5.41) is 7.27. The molecule has 104 valence electrons. The van der Waals surface area contributed by atoms with Gasteiger partial charge in [0.05, 0.1) is 5.56 Å². The van der Waals surface area contributed by atoms with E-state index in [9.17, 15) is 4.79 Å². The van der Waals surface area contributed by atoms with Crippen LogP contribution < -0.4 is 5.32 Å². The SMILES string of the molecule is C[C@H]1CNCCN1C(=O)c1ccc(-n2cncn2)nc1. The molecule has 7 heteroatoms. The lowest BCUT2D eigenvalue weighted by Gasteiger charge is -2.33. The van der Waals surface area contributed by atoms with Crippen LogP contribution in [0.4, 0.5) is 0 Å². The van der Waals surface area contributed by atoms with Gasteiger partial charge in [0.2, 0.25) is 0 Å².